The maximum atomic E-state index is 12.5. The van der Waals surface area contributed by atoms with E-state index in [2.05, 4.69) is 15.5 Å². The summed E-state index contributed by atoms with van der Waals surface area (Å²) in [4.78, 5) is 14.1. The van der Waals surface area contributed by atoms with Crippen molar-refractivity contribution in [2.45, 2.75) is 13.0 Å². The minimum absolute atomic E-state index is 0.0616. The van der Waals surface area contributed by atoms with E-state index in [1.54, 1.807) is 38.3 Å². The molecule has 1 aromatic rings. The Hall–Kier alpha value is -1.73. The van der Waals surface area contributed by atoms with Gasteiger partial charge in [-0.1, -0.05) is 0 Å². The number of hydrogen-bond donors (Lipinski definition) is 1. The highest BCUT2D eigenvalue weighted by Crippen LogP contribution is 2.08. The van der Waals surface area contributed by atoms with Crippen LogP contribution >= 0.6 is 0 Å². The summed E-state index contributed by atoms with van der Waals surface area (Å²) in [5.74, 6) is 0.441. The first-order chi connectivity index (χ1) is 9.63. The van der Waals surface area contributed by atoms with Crippen LogP contribution in [-0.2, 0) is 9.47 Å². The molecule has 0 saturated carbocycles. The summed E-state index contributed by atoms with van der Waals surface area (Å²) >= 11 is 0. The van der Waals surface area contributed by atoms with Gasteiger partial charge >= 0.3 is 0 Å². The maximum absolute atomic E-state index is 12.5. The number of nitrogens with one attached hydrogen (secondary N) is 1. The SMILES string of the molecule is CNc1ccc(C(=O)N(CCOC)C(C)COC)nn1. The fourth-order valence-electron chi connectivity index (χ4n) is 1.77. The van der Waals surface area contributed by atoms with E-state index in [0.29, 0.717) is 31.3 Å². The van der Waals surface area contributed by atoms with E-state index in [1.165, 1.54) is 0 Å². The lowest BCUT2D eigenvalue weighted by atomic mass is 10.2. The second kappa shape index (κ2) is 8.44. The number of nitrogens with zero attached hydrogens (tertiary/aromatic N) is 3. The van der Waals surface area contributed by atoms with E-state index in [9.17, 15) is 4.79 Å². The topological polar surface area (TPSA) is 76.6 Å². The highest BCUT2D eigenvalue weighted by molar-refractivity contribution is 5.92. The molecule has 0 aliphatic rings. The van der Waals surface area contributed by atoms with Crippen molar-refractivity contribution in [3.05, 3.63) is 17.8 Å². The van der Waals surface area contributed by atoms with Crippen LogP contribution in [0.3, 0.4) is 0 Å². The molecule has 1 heterocycles. The maximum Gasteiger partial charge on any atom is 0.274 e. The third kappa shape index (κ3) is 4.43. The molecule has 0 bridgehead atoms. The molecule has 1 amide bonds. The van der Waals surface area contributed by atoms with Crippen molar-refractivity contribution in [1.29, 1.82) is 0 Å². The molecule has 0 fully saturated rings. The molecule has 7 heteroatoms. The van der Waals surface area contributed by atoms with Gasteiger partial charge in [0.05, 0.1) is 19.3 Å². The number of hydrogen-bond acceptors (Lipinski definition) is 6. The molecule has 1 atom stereocenters. The molecule has 0 spiro atoms. The highest BCUT2D eigenvalue weighted by Gasteiger charge is 2.22. The Bertz CT molecular complexity index is 411. The third-order valence-corrected chi connectivity index (χ3v) is 2.88. The van der Waals surface area contributed by atoms with Crippen LogP contribution in [0.2, 0.25) is 0 Å². The van der Waals surface area contributed by atoms with Crippen LogP contribution in [0.15, 0.2) is 12.1 Å². The molecule has 20 heavy (non-hydrogen) atoms. The smallest absolute Gasteiger partial charge is 0.274 e. The number of carbonyl (C=O) groups is 1. The molecule has 0 aliphatic heterocycles. The lowest BCUT2D eigenvalue weighted by Crippen LogP contribution is -2.43. The zero-order chi connectivity index (χ0) is 15.0. The fourth-order valence-corrected chi connectivity index (χ4v) is 1.77. The van der Waals surface area contributed by atoms with Gasteiger partial charge in [0.1, 0.15) is 5.82 Å². The van der Waals surface area contributed by atoms with E-state index in [1.807, 2.05) is 6.92 Å². The predicted octanol–water partition coefficient (Wildman–Crippen LogP) is 0.642. The molecule has 0 saturated heterocycles. The van der Waals surface area contributed by atoms with Gasteiger partial charge in [-0.05, 0) is 19.1 Å². The van der Waals surface area contributed by atoms with E-state index in [-0.39, 0.29) is 11.9 Å². The van der Waals surface area contributed by atoms with Crippen LogP contribution in [0.5, 0.6) is 0 Å². The number of anilines is 1. The molecule has 1 unspecified atom stereocenters. The molecule has 0 aromatic carbocycles. The number of amides is 1. The summed E-state index contributed by atoms with van der Waals surface area (Å²) in [6.07, 6.45) is 0. The molecule has 0 radical (unpaired) electrons. The average molecular weight is 282 g/mol. The molecule has 1 N–H and O–H groups in total. The monoisotopic (exact) mass is 282 g/mol. The van der Waals surface area contributed by atoms with Crippen LogP contribution in [0, 0.1) is 0 Å². The van der Waals surface area contributed by atoms with Crippen LogP contribution in [0.25, 0.3) is 0 Å². The standard InChI is InChI=1S/C13H22N4O3/c1-10(9-20-4)17(7-8-19-3)13(18)11-5-6-12(14-2)16-15-11/h5-6,10H,7-9H2,1-4H3,(H,14,16). The lowest BCUT2D eigenvalue weighted by Gasteiger charge is -2.28. The average Bonchev–Trinajstić information content (AvgIpc) is 2.48. The van der Waals surface area contributed by atoms with Gasteiger partial charge in [0.2, 0.25) is 0 Å². The van der Waals surface area contributed by atoms with Crippen LogP contribution in [0.4, 0.5) is 5.82 Å². The van der Waals surface area contributed by atoms with E-state index in [0.717, 1.165) is 0 Å². The Morgan fingerprint density at radius 1 is 1.35 bits per heavy atom. The van der Waals surface area contributed by atoms with Gasteiger partial charge in [-0.2, -0.15) is 0 Å². The number of carbonyl (C=O) groups excluding carboxylic acids is 1. The molecular weight excluding hydrogens is 260 g/mol. The first-order valence-corrected chi connectivity index (χ1v) is 6.44. The van der Waals surface area contributed by atoms with Crippen molar-refractivity contribution in [3.63, 3.8) is 0 Å². The summed E-state index contributed by atoms with van der Waals surface area (Å²) in [7, 11) is 4.96. The quantitative estimate of drug-likeness (QED) is 0.754. The van der Waals surface area contributed by atoms with Gasteiger partial charge in [0, 0.05) is 27.8 Å². The van der Waals surface area contributed by atoms with E-state index < -0.39 is 0 Å². The largest absolute Gasteiger partial charge is 0.383 e. The van der Waals surface area contributed by atoms with Crippen molar-refractivity contribution in [1.82, 2.24) is 15.1 Å². The molecular formula is C13H22N4O3. The molecule has 1 aromatic heterocycles. The molecule has 7 nitrogen and oxygen atoms in total. The normalized spacial score (nSPS) is 12.0. The van der Waals surface area contributed by atoms with Gasteiger partial charge < -0.3 is 19.7 Å². The molecule has 1 rings (SSSR count). The van der Waals surface area contributed by atoms with E-state index in [4.69, 9.17) is 9.47 Å². The summed E-state index contributed by atoms with van der Waals surface area (Å²) in [5, 5.41) is 10.7. The van der Waals surface area contributed by atoms with Crippen molar-refractivity contribution in [3.8, 4) is 0 Å². The number of methoxy groups -OCH3 is 2. The van der Waals surface area contributed by atoms with Crippen LogP contribution in [0.1, 0.15) is 17.4 Å². The Balaban J connectivity index is 2.84. The summed E-state index contributed by atoms with van der Waals surface area (Å²) in [5.41, 5.74) is 0.308. The second-order valence-electron chi connectivity index (χ2n) is 4.35. The second-order valence-corrected chi connectivity index (χ2v) is 4.35. The Morgan fingerprint density at radius 3 is 2.60 bits per heavy atom. The minimum Gasteiger partial charge on any atom is -0.383 e. The van der Waals surface area contributed by atoms with Crippen molar-refractivity contribution >= 4 is 11.7 Å². The van der Waals surface area contributed by atoms with Gasteiger partial charge in [0.15, 0.2) is 5.69 Å². The van der Waals surface area contributed by atoms with Crippen molar-refractivity contribution in [2.75, 3.05) is 46.3 Å². The Morgan fingerprint density at radius 2 is 2.10 bits per heavy atom. The molecule has 112 valence electrons. The van der Waals surface area contributed by atoms with Crippen LogP contribution < -0.4 is 5.32 Å². The highest BCUT2D eigenvalue weighted by atomic mass is 16.5. The van der Waals surface area contributed by atoms with Gasteiger partial charge in [-0.3, -0.25) is 4.79 Å². The first-order valence-electron chi connectivity index (χ1n) is 6.44. The minimum atomic E-state index is -0.179. The summed E-state index contributed by atoms with van der Waals surface area (Å²) in [6, 6.07) is 3.31. The fraction of sp³-hybridized carbons (Fsp3) is 0.615. The van der Waals surface area contributed by atoms with Crippen molar-refractivity contribution in [2.24, 2.45) is 0 Å². The lowest BCUT2D eigenvalue weighted by molar-refractivity contribution is 0.0473. The predicted molar refractivity (Wildman–Crippen MR) is 75.8 cm³/mol. The van der Waals surface area contributed by atoms with Gasteiger partial charge in [-0.15, -0.1) is 10.2 Å². The Kier molecular flexibility index (Phi) is 6.89. The third-order valence-electron chi connectivity index (χ3n) is 2.88. The zero-order valence-electron chi connectivity index (χ0n) is 12.4. The summed E-state index contributed by atoms with van der Waals surface area (Å²) < 4.78 is 10.1. The first kappa shape index (κ1) is 16.3. The summed E-state index contributed by atoms with van der Waals surface area (Å²) in [6.45, 7) is 3.32. The Labute approximate surface area is 119 Å². The number of ether oxygens (including phenoxy) is 2. The number of rotatable bonds is 8. The zero-order valence-corrected chi connectivity index (χ0v) is 12.4. The van der Waals surface area contributed by atoms with E-state index >= 15 is 0 Å². The number of aromatic nitrogens is 2. The van der Waals surface area contributed by atoms with Crippen LogP contribution in [-0.4, -0.2) is 68.1 Å². The van der Waals surface area contributed by atoms with Crippen molar-refractivity contribution < 1.29 is 14.3 Å². The molecule has 0 aliphatic carbocycles. The van der Waals surface area contributed by atoms with Gasteiger partial charge in [0.25, 0.3) is 5.91 Å². The van der Waals surface area contributed by atoms with Gasteiger partial charge in [-0.25, -0.2) is 0 Å².